The Kier molecular flexibility index (Phi) is 4.98. The number of benzene rings is 2. The molecule has 1 atom stereocenters. The molecule has 30 heavy (non-hydrogen) atoms. The summed E-state index contributed by atoms with van der Waals surface area (Å²) in [4.78, 5) is 27.7. The Hall–Kier alpha value is -3.34. The van der Waals surface area contributed by atoms with E-state index in [1.165, 1.54) is 0 Å². The lowest BCUT2D eigenvalue weighted by atomic mass is 9.93. The van der Waals surface area contributed by atoms with Gasteiger partial charge in [0.15, 0.2) is 0 Å². The maximum absolute atomic E-state index is 13.1. The smallest absolute Gasteiger partial charge is 0.295 e. The highest BCUT2D eigenvalue weighted by Gasteiger charge is 2.46. The van der Waals surface area contributed by atoms with E-state index in [4.69, 9.17) is 0 Å². The van der Waals surface area contributed by atoms with Gasteiger partial charge in [-0.3, -0.25) is 9.59 Å². The van der Waals surface area contributed by atoms with Crippen LogP contribution in [0.5, 0.6) is 0 Å². The number of carbonyl (C=O) groups is 2. The number of nitrogens with zero attached hydrogens (tertiary/aromatic N) is 2. The number of ketones is 1. The summed E-state index contributed by atoms with van der Waals surface area (Å²) in [5, 5.41) is 12.3. The quantitative estimate of drug-likeness (QED) is 0.393. The predicted octanol–water partition coefficient (Wildman–Crippen LogP) is 4.63. The van der Waals surface area contributed by atoms with Crippen molar-refractivity contribution in [1.29, 1.82) is 0 Å². The molecule has 0 saturated carbocycles. The van der Waals surface area contributed by atoms with Crippen molar-refractivity contribution in [2.45, 2.75) is 33.2 Å². The molecule has 1 unspecified atom stereocenters. The first-order chi connectivity index (χ1) is 14.3. The standard InChI is InChI=1S/C25H26N2O3/c1-5-12-27-22(19-14-26(4)20-9-7-6-8-17(19)20)21(24(29)25(27)30)23(28)18-13-15(2)10-11-16(18)3/h6-11,13-14,22,28H,5,12H2,1-4H3/b23-21+. The first-order valence-corrected chi connectivity index (χ1v) is 10.2. The molecule has 1 amide bonds. The summed E-state index contributed by atoms with van der Waals surface area (Å²) in [5.74, 6) is -1.28. The summed E-state index contributed by atoms with van der Waals surface area (Å²) in [6, 6.07) is 13.0. The zero-order valence-electron chi connectivity index (χ0n) is 17.8. The Bertz CT molecular complexity index is 1200. The van der Waals surface area contributed by atoms with Gasteiger partial charge in [0.05, 0.1) is 11.6 Å². The maximum Gasteiger partial charge on any atom is 0.295 e. The fraction of sp³-hybridized carbons (Fsp3) is 0.280. The molecule has 0 spiro atoms. The van der Waals surface area contributed by atoms with E-state index in [0.717, 1.165) is 34.0 Å². The van der Waals surface area contributed by atoms with Crippen molar-refractivity contribution in [1.82, 2.24) is 9.47 Å². The SMILES string of the molecule is CCCN1C(=O)C(=O)/C(=C(/O)c2cc(C)ccc2C)C1c1cn(C)c2ccccc12. The molecule has 1 fully saturated rings. The van der Waals surface area contributed by atoms with Crippen LogP contribution in [0.1, 0.15) is 41.6 Å². The van der Waals surface area contributed by atoms with E-state index in [0.29, 0.717) is 12.1 Å². The van der Waals surface area contributed by atoms with Crippen molar-refractivity contribution in [3.05, 3.63) is 76.5 Å². The van der Waals surface area contributed by atoms with Crippen molar-refractivity contribution in [3.63, 3.8) is 0 Å². The van der Waals surface area contributed by atoms with Gasteiger partial charge in [-0.2, -0.15) is 0 Å². The van der Waals surface area contributed by atoms with Crippen LogP contribution in [-0.4, -0.2) is 32.8 Å². The lowest BCUT2D eigenvalue weighted by Crippen LogP contribution is -2.30. The molecule has 5 nitrogen and oxygen atoms in total. The number of rotatable bonds is 4. The third kappa shape index (κ3) is 3.02. The number of likely N-dealkylation sites (tertiary alicyclic amines) is 1. The van der Waals surface area contributed by atoms with E-state index >= 15 is 0 Å². The second kappa shape index (κ2) is 7.48. The van der Waals surface area contributed by atoms with Crippen molar-refractivity contribution in [3.8, 4) is 0 Å². The summed E-state index contributed by atoms with van der Waals surface area (Å²) in [6.45, 7) is 6.25. The molecule has 154 valence electrons. The molecule has 2 aromatic carbocycles. The first-order valence-electron chi connectivity index (χ1n) is 10.2. The Labute approximate surface area is 176 Å². The normalized spacial score (nSPS) is 18.5. The first kappa shape index (κ1) is 20.0. The van der Waals surface area contributed by atoms with Crippen molar-refractivity contribution in [2.75, 3.05) is 6.54 Å². The second-order valence-corrected chi connectivity index (χ2v) is 8.02. The fourth-order valence-electron chi connectivity index (χ4n) is 4.40. The zero-order valence-corrected chi connectivity index (χ0v) is 17.8. The molecular formula is C25H26N2O3. The topological polar surface area (TPSA) is 62.5 Å². The number of aliphatic hydroxyl groups is 1. The summed E-state index contributed by atoms with van der Waals surface area (Å²) in [6.07, 6.45) is 2.68. The van der Waals surface area contributed by atoms with Gasteiger partial charge < -0.3 is 14.6 Å². The Morgan fingerprint density at radius 1 is 1.10 bits per heavy atom. The molecule has 1 N–H and O–H groups in total. The highest BCUT2D eigenvalue weighted by molar-refractivity contribution is 6.46. The number of aromatic nitrogens is 1. The third-order valence-electron chi connectivity index (χ3n) is 5.88. The van der Waals surface area contributed by atoms with Crippen LogP contribution >= 0.6 is 0 Å². The third-order valence-corrected chi connectivity index (χ3v) is 5.88. The largest absolute Gasteiger partial charge is 0.507 e. The molecule has 2 heterocycles. The van der Waals surface area contributed by atoms with E-state index in [1.807, 2.05) is 81.0 Å². The summed E-state index contributed by atoms with van der Waals surface area (Å²) in [5.41, 5.74) is 4.46. The van der Waals surface area contributed by atoms with Gasteiger partial charge in [-0.1, -0.05) is 42.8 Å². The Morgan fingerprint density at radius 3 is 2.57 bits per heavy atom. The van der Waals surface area contributed by atoms with Crippen molar-refractivity contribution < 1.29 is 14.7 Å². The van der Waals surface area contributed by atoms with Gasteiger partial charge in [-0.05, 0) is 38.0 Å². The van der Waals surface area contributed by atoms with Crippen LogP contribution < -0.4 is 0 Å². The van der Waals surface area contributed by atoms with Gasteiger partial charge in [0.25, 0.3) is 11.7 Å². The summed E-state index contributed by atoms with van der Waals surface area (Å²) >= 11 is 0. The minimum Gasteiger partial charge on any atom is -0.507 e. The van der Waals surface area contributed by atoms with Crippen molar-refractivity contribution >= 4 is 28.4 Å². The summed E-state index contributed by atoms with van der Waals surface area (Å²) in [7, 11) is 1.95. The molecule has 5 heteroatoms. The molecular weight excluding hydrogens is 376 g/mol. The molecule has 3 aromatic rings. The number of hydrogen-bond donors (Lipinski definition) is 1. The number of carbonyl (C=O) groups excluding carboxylic acids is 2. The number of fused-ring (bicyclic) bond motifs is 1. The lowest BCUT2D eigenvalue weighted by Gasteiger charge is -2.24. The van der Waals surface area contributed by atoms with Crippen LogP contribution in [0.15, 0.2) is 54.2 Å². The molecule has 0 radical (unpaired) electrons. The highest BCUT2D eigenvalue weighted by Crippen LogP contribution is 2.42. The number of aryl methyl sites for hydroxylation is 3. The van der Waals surface area contributed by atoms with Crippen LogP contribution in [-0.2, 0) is 16.6 Å². The molecule has 0 bridgehead atoms. The number of aliphatic hydroxyl groups excluding tert-OH is 1. The predicted molar refractivity (Wildman–Crippen MR) is 118 cm³/mol. The molecule has 1 saturated heterocycles. The second-order valence-electron chi connectivity index (χ2n) is 8.02. The molecule has 4 rings (SSSR count). The van der Waals surface area contributed by atoms with Crippen LogP contribution in [0, 0.1) is 13.8 Å². The van der Waals surface area contributed by atoms with E-state index in [9.17, 15) is 14.7 Å². The van der Waals surface area contributed by atoms with Gasteiger partial charge in [0.1, 0.15) is 5.76 Å². The van der Waals surface area contributed by atoms with E-state index in [-0.39, 0.29) is 11.3 Å². The molecule has 1 aliphatic rings. The van der Waals surface area contributed by atoms with Crippen LogP contribution in [0.4, 0.5) is 0 Å². The van der Waals surface area contributed by atoms with Crippen LogP contribution in [0.3, 0.4) is 0 Å². The Balaban J connectivity index is 2.01. The minimum atomic E-state index is -0.625. The monoisotopic (exact) mass is 402 g/mol. The Morgan fingerprint density at radius 2 is 1.83 bits per heavy atom. The van der Waals surface area contributed by atoms with E-state index in [1.54, 1.807) is 4.90 Å². The molecule has 1 aliphatic heterocycles. The van der Waals surface area contributed by atoms with E-state index in [2.05, 4.69) is 0 Å². The average Bonchev–Trinajstić information content (AvgIpc) is 3.19. The van der Waals surface area contributed by atoms with E-state index < -0.39 is 17.7 Å². The van der Waals surface area contributed by atoms with Crippen LogP contribution in [0.25, 0.3) is 16.7 Å². The van der Waals surface area contributed by atoms with Gasteiger partial charge >= 0.3 is 0 Å². The zero-order chi connectivity index (χ0) is 21.6. The minimum absolute atomic E-state index is 0.105. The van der Waals surface area contributed by atoms with Gasteiger partial charge in [0.2, 0.25) is 0 Å². The number of para-hydroxylation sites is 1. The van der Waals surface area contributed by atoms with Gasteiger partial charge in [-0.25, -0.2) is 0 Å². The van der Waals surface area contributed by atoms with Crippen LogP contribution in [0.2, 0.25) is 0 Å². The number of amides is 1. The maximum atomic E-state index is 13.1. The molecule has 0 aliphatic carbocycles. The average molecular weight is 402 g/mol. The van der Waals surface area contributed by atoms with Gasteiger partial charge in [-0.15, -0.1) is 0 Å². The molecule has 1 aromatic heterocycles. The fourth-order valence-corrected chi connectivity index (χ4v) is 4.40. The number of Topliss-reactive ketones (excluding diaryl/α,β-unsaturated/α-hetero) is 1. The van der Waals surface area contributed by atoms with Crippen molar-refractivity contribution in [2.24, 2.45) is 7.05 Å². The van der Waals surface area contributed by atoms with Gasteiger partial charge in [0, 0.05) is 41.8 Å². The summed E-state index contributed by atoms with van der Waals surface area (Å²) < 4.78 is 1.99. The highest BCUT2D eigenvalue weighted by atomic mass is 16.3. The number of hydrogen-bond acceptors (Lipinski definition) is 3. The lowest BCUT2D eigenvalue weighted by molar-refractivity contribution is -0.139.